The molecule has 0 saturated heterocycles. The number of amides is 1. The Morgan fingerprint density at radius 2 is 1.92 bits per heavy atom. The summed E-state index contributed by atoms with van der Waals surface area (Å²) in [6, 6.07) is 6.12. The minimum atomic E-state index is -4.67. The molecule has 0 saturated carbocycles. The van der Waals surface area contributed by atoms with Gasteiger partial charge in [-0.05, 0) is 38.1 Å². The van der Waals surface area contributed by atoms with Gasteiger partial charge < -0.3 is 9.64 Å². The second-order valence-corrected chi connectivity index (χ2v) is 6.41. The molecule has 0 fully saturated rings. The fraction of sp³-hybridized carbons (Fsp3) is 0.412. The van der Waals surface area contributed by atoms with Crippen molar-refractivity contribution in [2.45, 2.75) is 26.1 Å². The molecule has 1 aromatic carbocycles. The van der Waals surface area contributed by atoms with Gasteiger partial charge >= 0.3 is 6.18 Å². The number of carbonyl (C=O) groups is 1. The Hall–Kier alpha value is -2.22. The van der Waals surface area contributed by atoms with Gasteiger partial charge in [-0.15, -0.1) is 0 Å². The number of halogens is 4. The lowest BCUT2D eigenvalue weighted by Crippen LogP contribution is -2.32. The highest BCUT2D eigenvalue weighted by molar-refractivity contribution is 6.30. The maximum Gasteiger partial charge on any atom is 0.433 e. The Balaban J connectivity index is 2.07. The summed E-state index contributed by atoms with van der Waals surface area (Å²) in [6.45, 7) is 3.38. The van der Waals surface area contributed by atoms with Crippen LogP contribution in [-0.4, -0.2) is 40.8 Å². The molecule has 0 radical (unpaired) electrons. The van der Waals surface area contributed by atoms with Gasteiger partial charge in [-0.2, -0.15) is 18.3 Å². The summed E-state index contributed by atoms with van der Waals surface area (Å²) < 4.78 is 46.4. The van der Waals surface area contributed by atoms with E-state index >= 15 is 0 Å². The molecule has 1 amide bonds. The topological polar surface area (TPSA) is 47.4 Å². The van der Waals surface area contributed by atoms with E-state index in [1.807, 2.05) is 0 Å². The number of ether oxygens (including phenoxy) is 1. The molecule has 0 aliphatic heterocycles. The first-order chi connectivity index (χ1) is 12.1. The van der Waals surface area contributed by atoms with E-state index < -0.39 is 29.4 Å². The molecule has 142 valence electrons. The van der Waals surface area contributed by atoms with E-state index in [4.69, 9.17) is 16.3 Å². The summed E-state index contributed by atoms with van der Waals surface area (Å²) >= 11 is 5.77. The standard InChI is InChI=1S/C17H19ClF3N3O2/c1-11(2)24-15(17(19,20)21)14(10-22-24)16(25)23(3)8-9-26-13-6-4-12(18)5-7-13/h4-7,10-11H,8-9H2,1-3H3. The number of benzene rings is 1. The van der Waals surface area contributed by atoms with E-state index in [-0.39, 0.29) is 13.2 Å². The lowest BCUT2D eigenvalue weighted by Gasteiger charge is -2.19. The molecule has 0 aliphatic rings. The zero-order valence-corrected chi connectivity index (χ0v) is 15.3. The van der Waals surface area contributed by atoms with Crippen molar-refractivity contribution in [2.75, 3.05) is 20.2 Å². The van der Waals surface area contributed by atoms with Gasteiger partial charge in [0.1, 0.15) is 12.4 Å². The fourth-order valence-corrected chi connectivity index (χ4v) is 2.46. The van der Waals surface area contributed by atoms with Crippen LogP contribution in [-0.2, 0) is 6.18 Å². The Bertz CT molecular complexity index is 758. The summed E-state index contributed by atoms with van der Waals surface area (Å²) in [5.41, 5.74) is -1.51. The van der Waals surface area contributed by atoms with Gasteiger partial charge in [-0.3, -0.25) is 9.48 Å². The van der Waals surface area contributed by atoms with Gasteiger partial charge in [-0.25, -0.2) is 0 Å². The Kier molecular flexibility index (Phi) is 6.17. The van der Waals surface area contributed by atoms with Crippen LogP contribution in [0.5, 0.6) is 5.75 Å². The normalized spacial score (nSPS) is 11.7. The highest BCUT2D eigenvalue weighted by Gasteiger charge is 2.41. The maximum absolute atomic E-state index is 13.4. The van der Waals surface area contributed by atoms with E-state index in [2.05, 4.69) is 5.10 Å². The third kappa shape index (κ3) is 4.69. The zero-order valence-electron chi connectivity index (χ0n) is 14.5. The lowest BCUT2D eigenvalue weighted by atomic mass is 10.2. The van der Waals surface area contributed by atoms with Gasteiger partial charge in [0.2, 0.25) is 0 Å². The van der Waals surface area contributed by atoms with Crippen LogP contribution in [0.2, 0.25) is 5.02 Å². The third-order valence-electron chi connectivity index (χ3n) is 3.64. The number of hydrogen-bond acceptors (Lipinski definition) is 3. The van der Waals surface area contributed by atoms with Crippen molar-refractivity contribution >= 4 is 17.5 Å². The molecule has 1 heterocycles. The van der Waals surface area contributed by atoms with Gasteiger partial charge in [0.25, 0.3) is 5.91 Å². The molecule has 9 heteroatoms. The first kappa shape index (κ1) is 20.1. The van der Waals surface area contributed by atoms with E-state index in [1.54, 1.807) is 38.1 Å². The van der Waals surface area contributed by atoms with Gasteiger partial charge in [-0.1, -0.05) is 11.6 Å². The molecule has 5 nitrogen and oxygen atoms in total. The molecular formula is C17H19ClF3N3O2. The SMILES string of the molecule is CC(C)n1ncc(C(=O)N(C)CCOc2ccc(Cl)cc2)c1C(F)(F)F. The molecular weight excluding hydrogens is 371 g/mol. The van der Waals surface area contributed by atoms with Crippen LogP contribution in [0.4, 0.5) is 13.2 Å². The molecule has 0 N–H and O–H groups in total. The van der Waals surface area contributed by atoms with Crippen molar-refractivity contribution < 1.29 is 22.7 Å². The van der Waals surface area contributed by atoms with Crippen LogP contribution in [0.1, 0.15) is 35.9 Å². The Morgan fingerprint density at radius 1 is 1.31 bits per heavy atom. The first-order valence-electron chi connectivity index (χ1n) is 7.89. The first-order valence-corrected chi connectivity index (χ1v) is 8.27. The number of likely N-dealkylation sites (N-methyl/N-ethyl adjacent to an activating group) is 1. The van der Waals surface area contributed by atoms with Crippen LogP contribution in [0, 0.1) is 0 Å². The van der Waals surface area contributed by atoms with Crippen molar-refractivity contribution in [2.24, 2.45) is 0 Å². The number of nitrogens with zero attached hydrogens (tertiary/aromatic N) is 3. The minimum absolute atomic E-state index is 0.117. The van der Waals surface area contributed by atoms with E-state index in [1.165, 1.54) is 11.9 Å². The molecule has 0 spiro atoms. The van der Waals surface area contributed by atoms with E-state index in [0.717, 1.165) is 10.9 Å². The zero-order chi connectivity index (χ0) is 19.5. The predicted molar refractivity (Wildman–Crippen MR) is 91.5 cm³/mol. The summed E-state index contributed by atoms with van der Waals surface area (Å²) in [6.07, 6.45) is -3.71. The monoisotopic (exact) mass is 389 g/mol. The summed E-state index contributed by atoms with van der Waals surface area (Å²) in [7, 11) is 1.42. The molecule has 1 aromatic heterocycles. The maximum atomic E-state index is 13.4. The van der Waals surface area contributed by atoms with Crippen LogP contribution >= 0.6 is 11.6 Å². The lowest BCUT2D eigenvalue weighted by molar-refractivity contribution is -0.145. The van der Waals surface area contributed by atoms with E-state index in [9.17, 15) is 18.0 Å². The van der Waals surface area contributed by atoms with Crippen LogP contribution < -0.4 is 4.74 Å². The molecule has 0 atom stereocenters. The van der Waals surface area contributed by atoms with Gasteiger partial charge in [0, 0.05) is 18.1 Å². The molecule has 0 bridgehead atoms. The summed E-state index contributed by atoms with van der Waals surface area (Å²) in [5.74, 6) is -0.206. The molecule has 2 rings (SSSR count). The Morgan fingerprint density at radius 3 is 2.46 bits per heavy atom. The Labute approximate surface area is 154 Å². The van der Waals surface area contributed by atoms with Crippen molar-refractivity contribution in [3.8, 4) is 5.75 Å². The largest absolute Gasteiger partial charge is 0.492 e. The summed E-state index contributed by atoms with van der Waals surface area (Å²) in [5, 5.41) is 4.29. The quantitative estimate of drug-likeness (QED) is 0.740. The third-order valence-corrected chi connectivity index (χ3v) is 3.89. The smallest absolute Gasteiger partial charge is 0.433 e. The van der Waals surface area contributed by atoms with E-state index in [0.29, 0.717) is 10.8 Å². The van der Waals surface area contributed by atoms with Crippen molar-refractivity contribution in [1.29, 1.82) is 0 Å². The average Bonchev–Trinajstić information content (AvgIpc) is 3.01. The van der Waals surface area contributed by atoms with Gasteiger partial charge in [0.05, 0.1) is 18.3 Å². The number of rotatable bonds is 6. The number of hydrogen-bond donors (Lipinski definition) is 0. The van der Waals surface area contributed by atoms with Crippen molar-refractivity contribution in [3.63, 3.8) is 0 Å². The predicted octanol–water partition coefficient (Wildman–Crippen LogP) is 4.29. The highest BCUT2D eigenvalue weighted by atomic mass is 35.5. The van der Waals surface area contributed by atoms with Crippen molar-refractivity contribution in [3.05, 3.63) is 46.7 Å². The van der Waals surface area contributed by atoms with Gasteiger partial charge in [0.15, 0.2) is 5.69 Å². The number of carbonyl (C=O) groups excluding carboxylic acids is 1. The van der Waals surface area contributed by atoms with Crippen LogP contribution in [0.25, 0.3) is 0 Å². The average molecular weight is 390 g/mol. The second kappa shape index (κ2) is 7.99. The molecule has 0 aliphatic carbocycles. The van der Waals surface area contributed by atoms with Crippen LogP contribution in [0.3, 0.4) is 0 Å². The summed E-state index contributed by atoms with van der Waals surface area (Å²) in [4.78, 5) is 13.6. The molecule has 26 heavy (non-hydrogen) atoms. The molecule has 2 aromatic rings. The molecule has 0 unspecified atom stereocenters. The van der Waals surface area contributed by atoms with Crippen molar-refractivity contribution in [1.82, 2.24) is 14.7 Å². The minimum Gasteiger partial charge on any atom is -0.492 e. The fourth-order valence-electron chi connectivity index (χ4n) is 2.33. The second-order valence-electron chi connectivity index (χ2n) is 5.97. The number of alkyl halides is 3. The highest BCUT2D eigenvalue weighted by Crippen LogP contribution is 2.34. The van der Waals surface area contributed by atoms with Crippen LogP contribution in [0.15, 0.2) is 30.5 Å². The number of aromatic nitrogens is 2.